The average Bonchev–Trinajstić information content (AvgIpc) is 3.07. The molecule has 1 N–H and O–H groups in total. The Balaban J connectivity index is 1.83. The van der Waals surface area contributed by atoms with Crippen LogP contribution in [0.25, 0.3) is 11.0 Å². The summed E-state index contributed by atoms with van der Waals surface area (Å²) in [6.45, 7) is 0.999. The number of hydrogen-bond donors (Lipinski definition) is 1. The third kappa shape index (κ3) is 2.17. The van der Waals surface area contributed by atoms with E-state index in [2.05, 4.69) is 28.0 Å². The largest absolute Gasteiger partial charge is 0.331 e. The van der Waals surface area contributed by atoms with Gasteiger partial charge in [0.2, 0.25) is 0 Å². The number of aryl methyl sites for hydroxylation is 1. The number of halogens is 1. The van der Waals surface area contributed by atoms with Gasteiger partial charge in [-0.05, 0) is 25.0 Å². The molecule has 0 radical (unpaired) electrons. The van der Waals surface area contributed by atoms with Crippen LogP contribution in [0.2, 0.25) is 5.02 Å². The van der Waals surface area contributed by atoms with Crippen molar-refractivity contribution in [2.45, 2.75) is 25.3 Å². The van der Waals surface area contributed by atoms with Crippen LogP contribution in [0.1, 0.15) is 18.7 Å². The van der Waals surface area contributed by atoms with Gasteiger partial charge < -0.3 is 9.88 Å². The van der Waals surface area contributed by atoms with Crippen LogP contribution in [0, 0.1) is 0 Å². The van der Waals surface area contributed by atoms with E-state index in [1.807, 2.05) is 12.1 Å². The van der Waals surface area contributed by atoms with E-state index in [4.69, 9.17) is 11.6 Å². The van der Waals surface area contributed by atoms with Crippen LogP contribution < -0.4 is 5.32 Å². The predicted octanol–water partition coefficient (Wildman–Crippen LogP) is 2.52. The summed E-state index contributed by atoms with van der Waals surface area (Å²) in [5, 5.41) is 4.24. The molecule has 2 aromatic rings. The molecule has 1 aliphatic carbocycles. The van der Waals surface area contributed by atoms with E-state index < -0.39 is 0 Å². The van der Waals surface area contributed by atoms with Crippen molar-refractivity contribution in [1.29, 1.82) is 0 Å². The highest BCUT2D eigenvalue weighted by molar-refractivity contribution is 6.34. The Morgan fingerprint density at radius 1 is 1.47 bits per heavy atom. The van der Waals surface area contributed by atoms with Gasteiger partial charge in [0.1, 0.15) is 11.3 Å². The number of imidazole rings is 1. The lowest BCUT2D eigenvalue weighted by atomic mass is 10.3. The Labute approximate surface area is 106 Å². The van der Waals surface area contributed by atoms with E-state index in [9.17, 15) is 0 Å². The molecule has 3 nitrogen and oxygen atoms in total. The second kappa shape index (κ2) is 4.31. The molecule has 17 heavy (non-hydrogen) atoms. The van der Waals surface area contributed by atoms with E-state index in [1.165, 1.54) is 12.8 Å². The van der Waals surface area contributed by atoms with Crippen LogP contribution in [0.5, 0.6) is 0 Å². The maximum Gasteiger partial charge on any atom is 0.110 e. The van der Waals surface area contributed by atoms with Gasteiger partial charge >= 0.3 is 0 Å². The maximum absolute atomic E-state index is 6.15. The number of nitrogens with zero attached hydrogens (tertiary/aromatic N) is 2. The first-order valence-electron chi connectivity index (χ1n) is 6.09. The fourth-order valence-corrected chi connectivity index (χ4v) is 2.34. The molecule has 0 atom stereocenters. The number of hydrogen-bond acceptors (Lipinski definition) is 2. The molecule has 0 unspecified atom stereocenters. The summed E-state index contributed by atoms with van der Waals surface area (Å²) >= 11 is 6.15. The Morgan fingerprint density at radius 3 is 3.00 bits per heavy atom. The zero-order valence-corrected chi connectivity index (χ0v) is 10.7. The van der Waals surface area contributed by atoms with Crippen LogP contribution in [0.15, 0.2) is 18.2 Å². The van der Waals surface area contributed by atoms with Crippen LogP contribution >= 0.6 is 11.6 Å². The van der Waals surface area contributed by atoms with Gasteiger partial charge in [-0.3, -0.25) is 0 Å². The minimum atomic E-state index is 0.736. The molecule has 90 valence electrons. The summed E-state index contributed by atoms with van der Waals surface area (Å²) in [5.74, 6) is 1.10. The average molecular weight is 250 g/mol. The second-order valence-corrected chi connectivity index (χ2v) is 5.08. The zero-order valence-electron chi connectivity index (χ0n) is 9.91. The Hall–Kier alpha value is -1.06. The number of rotatable bonds is 4. The predicted molar refractivity (Wildman–Crippen MR) is 70.5 cm³/mol. The zero-order chi connectivity index (χ0) is 11.8. The molecule has 1 heterocycles. The highest BCUT2D eigenvalue weighted by Gasteiger charge is 2.20. The van der Waals surface area contributed by atoms with Crippen LogP contribution in [-0.2, 0) is 13.5 Å². The smallest absolute Gasteiger partial charge is 0.110 e. The molecule has 1 saturated carbocycles. The molecular formula is C13H16ClN3. The number of benzene rings is 1. The molecule has 3 rings (SSSR count). The highest BCUT2D eigenvalue weighted by atomic mass is 35.5. The third-order valence-corrected chi connectivity index (χ3v) is 3.62. The maximum atomic E-state index is 6.15. The lowest BCUT2D eigenvalue weighted by Crippen LogP contribution is -2.20. The number of nitrogens with one attached hydrogen (secondary N) is 1. The topological polar surface area (TPSA) is 29.9 Å². The minimum Gasteiger partial charge on any atom is -0.331 e. The Morgan fingerprint density at radius 2 is 2.29 bits per heavy atom. The number of para-hydroxylation sites is 1. The summed E-state index contributed by atoms with van der Waals surface area (Å²) in [6.07, 6.45) is 3.61. The molecule has 0 bridgehead atoms. The first-order chi connectivity index (χ1) is 8.25. The van der Waals surface area contributed by atoms with Crippen molar-refractivity contribution in [2.75, 3.05) is 6.54 Å². The summed E-state index contributed by atoms with van der Waals surface area (Å²) in [7, 11) is 2.05. The van der Waals surface area contributed by atoms with Gasteiger partial charge in [-0.2, -0.15) is 0 Å². The van der Waals surface area contributed by atoms with Gasteiger partial charge in [-0.15, -0.1) is 0 Å². The third-order valence-electron chi connectivity index (χ3n) is 3.31. The van der Waals surface area contributed by atoms with Crippen molar-refractivity contribution < 1.29 is 0 Å². The van der Waals surface area contributed by atoms with Gasteiger partial charge in [-0.25, -0.2) is 4.98 Å². The van der Waals surface area contributed by atoms with Crippen LogP contribution in [0.4, 0.5) is 0 Å². The fourth-order valence-electron chi connectivity index (χ4n) is 2.13. The van der Waals surface area contributed by atoms with Crippen LogP contribution in [-0.4, -0.2) is 22.1 Å². The lowest BCUT2D eigenvalue weighted by Gasteiger charge is -2.03. The molecule has 0 aliphatic heterocycles. The monoisotopic (exact) mass is 249 g/mol. The number of aromatic nitrogens is 2. The van der Waals surface area contributed by atoms with Crippen molar-refractivity contribution in [2.24, 2.45) is 7.05 Å². The van der Waals surface area contributed by atoms with E-state index in [-0.39, 0.29) is 0 Å². The number of fused-ring (bicyclic) bond motifs is 1. The van der Waals surface area contributed by atoms with Crippen molar-refractivity contribution in [1.82, 2.24) is 14.9 Å². The SMILES string of the molecule is Cn1c(CCNC2CC2)nc2c(Cl)cccc21. The summed E-state index contributed by atoms with van der Waals surface area (Å²) < 4.78 is 2.13. The Kier molecular flexibility index (Phi) is 2.81. The molecule has 4 heteroatoms. The molecule has 0 amide bonds. The van der Waals surface area contributed by atoms with Gasteiger partial charge in [0.15, 0.2) is 0 Å². The van der Waals surface area contributed by atoms with Gasteiger partial charge in [0.05, 0.1) is 10.5 Å². The standard InChI is InChI=1S/C13H16ClN3/c1-17-11-4-2-3-10(14)13(11)16-12(17)7-8-15-9-5-6-9/h2-4,9,15H,5-8H2,1H3. The first kappa shape index (κ1) is 11.1. The molecule has 1 fully saturated rings. The molecular weight excluding hydrogens is 234 g/mol. The van der Waals surface area contributed by atoms with E-state index in [1.54, 1.807) is 0 Å². The van der Waals surface area contributed by atoms with E-state index in [0.717, 1.165) is 40.9 Å². The van der Waals surface area contributed by atoms with E-state index >= 15 is 0 Å². The highest BCUT2D eigenvalue weighted by Crippen LogP contribution is 2.23. The van der Waals surface area contributed by atoms with Crippen molar-refractivity contribution in [3.63, 3.8) is 0 Å². The molecule has 1 aliphatic rings. The molecule has 1 aromatic heterocycles. The van der Waals surface area contributed by atoms with Crippen molar-refractivity contribution in [3.05, 3.63) is 29.0 Å². The Bertz CT molecular complexity index is 543. The van der Waals surface area contributed by atoms with Gasteiger partial charge in [0.25, 0.3) is 0 Å². The van der Waals surface area contributed by atoms with Crippen molar-refractivity contribution in [3.8, 4) is 0 Å². The normalized spacial score (nSPS) is 15.6. The first-order valence-corrected chi connectivity index (χ1v) is 6.46. The molecule has 0 spiro atoms. The van der Waals surface area contributed by atoms with Crippen LogP contribution in [0.3, 0.4) is 0 Å². The second-order valence-electron chi connectivity index (χ2n) is 4.67. The summed E-state index contributed by atoms with van der Waals surface area (Å²) in [5.41, 5.74) is 2.03. The van der Waals surface area contributed by atoms with Crippen molar-refractivity contribution >= 4 is 22.6 Å². The van der Waals surface area contributed by atoms with E-state index in [0.29, 0.717) is 0 Å². The fraction of sp³-hybridized carbons (Fsp3) is 0.462. The minimum absolute atomic E-state index is 0.736. The van der Waals surface area contributed by atoms with Gasteiger partial charge in [0, 0.05) is 26.1 Å². The summed E-state index contributed by atoms with van der Waals surface area (Å²) in [6, 6.07) is 6.68. The van der Waals surface area contributed by atoms with Gasteiger partial charge in [-0.1, -0.05) is 17.7 Å². The summed E-state index contributed by atoms with van der Waals surface area (Å²) in [4.78, 5) is 4.62. The molecule has 1 aromatic carbocycles. The quantitative estimate of drug-likeness (QED) is 0.903. The lowest BCUT2D eigenvalue weighted by molar-refractivity contribution is 0.654. The molecule has 0 saturated heterocycles.